The van der Waals surface area contributed by atoms with E-state index in [-0.39, 0.29) is 43.1 Å². The number of allylic oxidation sites excluding steroid dienone is 1. The number of Topliss-reactive ketones (excluding diaryl/α,β-unsaturated/α-hetero) is 1. The van der Waals surface area contributed by atoms with Crippen LogP contribution in [0.15, 0.2) is 34.4 Å². The summed E-state index contributed by atoms with van der Waals surface area (Å²) in [5.41, 5.74) is 4.77. The summed E-state index contributed by atoms with van der Waals surface area (Å²) in [6.07, 6.45) is 0. The van der Waals surface area contributed by atoms with Crippen molar-refractivity contribution in [2.75, 3.05) is 32.9 Å². The Kier molecular flexibility index (Phi) is 6.85. The lowest BCUT2D eigenvalue weighted by atomic mass is 10.1. The number of hydrogen-bond acceptors (Lipinski definition) is 8. The van der Waals surface area contributed by atoms with Gasteiger partial charge in [0.15, 0.2) is 6.61 Å². The number of hydrogen-bond donors (Lipinski definition) is 1. The zero-order chi connectivity index (χ0) is 20.9. The summed E-state index contributed by atoms with van der Waals surface area (Å²) in [7, 11) is -4.17. The maximum atomic E-state index is 14.1. The number of nitrogens with zero attached hydrogens (tertiary/aromatic N) is 2. The number of sulfonamides is 1. The molecule has 150 valence electrons. The van der Waals surface area contributed by atoms with Gasteiger partial charge in [-0.1, -0.05) is 0 Å². The third kappa shape index (κ3) is 4.72. The van der Waals surface area contributed by atoms with E-state index in [0.29, 0.717) is 0 Å². The van der Waals surface area contributed by atoms with Crippen molar-refractivity contribution >= 4 is 21.8 Å². The van der Waals surface area contributed by atoms with Gasteiger partial charge in [-0.05, 0) is 25.1 Å². The average Bonchev–Trinajstić information content (AvgIpc) is 2.67. The first kappa shape index (κ1) is 21.5. The van der Waals surface area contributed by atoms with Crippen LogP contribution >= 0.6 is 0 Å². The molecule has 2 N–H and O–H groups in total. The number of ketones is 1. The van der Waals surface area contributed by atoms with Crippen molar-refractivity contribution in [1.82, 2.24) is 4.31 Å². The molecular weight excluding hydrogens is 393 g/mol. The van der Waals surface area contributed by atoms with Crippen LogP contribution in [-0.4, -0.2) is 57.4 Å². The molecule has 1 aromatic rings. The highest BCUT2D eigenvalue weighted by molar-refractivity contribution is 7.89. The van der Waals surface area contributed by atoms with Gasteiger partial charge < -0.3 is 15.2 Å². The first-order chi connectivity index (χ1) is 13.2. The second-order valence-corrected chi connectivity index (χ2v) is 7.74. The summed E-state index contributed by atoms with van der Waals surface area (Å²) in [4.78, 5) is 23.3. The fourth-order valence-corrected chi connectivity index (χ4v) is 3.91. The summed E-state index contributed by atoms with van der Waals surface area (Å²) in [6, 6.07) is 4.32. The van der Waals surface area contributed by atoms with Crippen molar-refractivity contribution in [1.29, 1.82) is 5.26 Å². The minimum atomic E-state index is -4.17. The van der Waals surface area contributed by atoms with Crippen molar-refractivity contribution < 1.29 is 31.9 Å². The molecule has 9 nitrogen and oxygen atoms in total. The van der Waals surface area contributed by atoms with Crippen LogP contribution in [0.2, 0.25) is 0 Å². The molecule has 0 unspecified atom stereocenters. The first-order valence-electron chi connectivity index (χ1n) is 8.12. The second-order valence-electron chi connectivity index (χ2n) is 5.83. The van der Waals surface area contributed by atoms with Gasteiger partial charge in [0, 0.05) is 18.8 Å². The monoisotopic (exact) mass is 411 g/mol. The summed E-state index contributed by atoms with van der Waals surface area (Å²) in [6.45, 7) is 1.07. The molecule has 0 aliphatic carbocycles. The van der Waals surface area contributed by atoms with Crippen molar-refractivity contribution in [2.24, 2.45) is 5.73 Å². The highest BCUT2D eigenvalue weighted by Crippen LogP contribution is 2.22. The van der Waals surface area contributed by atoms with Gasteiger partial charge in [0.1, 0.15) is 22.4 Å². The Bertz CT molecular complexity index is 958. The molecule has 0 amide bonds. The van der Waals surface area contributed by atoms with E-state index in [0.717, 1.165) is 22.5 Å². The number of carbonyl (C=O) groups is 2. The summed E-state index contributed by atoms with van der Waals surface area (Å²) in [5, 5.41) is 8.86. The van der Waals surface area contributed by atoms with E-state index in [4.69, 9.17) is 20.5 Å². The second kappa shape index (κ2) is 8.92. The molecule has 1 aliphatic rings. The van der Waals surface area contributed by atoms with Gasteiger partial charge in [-0.2, -0.15) is 9.57 Å². The van der Waals surface area contributed by atoms with Crippen LogP contribution in [0.4, 0.5) is 4.39 Å². The molecule has 0 radical (unpaired) electrons. The first-order valence-corrected chi connectivity index (χ1v) is 9.56. The van der Waals surface area contributed by atoms with E-state index in [1.807, 2.05) is 0 Å². The Morgan fingerprint density at radius 2 is 2.00 bits per heavy atom. The van der Waals surface area contributed by atoms with Crippen LogP contribution in [0, 0.1) is 17.1 Å². The highest BCUT2D eigenvalue weighted by atomic mass is 32.2. The fraction of sp³-hybridized carbons (Fsp3) is 0.353. The molecule has 1 fully saturated rings. The van der Waals surface area contributed by atoms with Crippen molar-refractivity contribution in [3.8, 4) is 6.07 Å². The van der Waals surface area contributed by atoms with Crippen LogP contribution in [0.5, 0.6) is 0 Å². The zero-order valence-electron chi connectivity index (χ0n) is 15.0. The molecule has 28 heavy (non-hydrogen) atoms. The Balaban J connectivity index is 2.20. The quantitative estimate of drug-likeness (QED) is 0.401. The van der Waals surface area contributed by atoms with E-state index < -0.39 is 39.1 Å². The predicted molar refractivity (Wildman–Crippen MR) is 93.8 cm³/mol. The Morgan fingerprint density at radius 3 is 2.57 bits per heavy atom. The molecule has 0 bridgehead atoms. The molecule has 1 saturated heterocycles. The van der Waals surface area contributed by atoms with Crippen molar-refractivity contribution in [3.63, 3.8) is 0 Å². The van der Waals surface area contributed by atoms with Crippen LogP contribution < -0.4 is 5.73 Å². The number of ether oxygens (including phenoxy) is 2. The Hall–Kier alpha value is -2.81. The summed E-state index contributed by atoms with van der Waals surface area (Å²) < 4.78 is 50.3. The standard InChI is InChI=1S/C17H18FN3O6S/c1-11(20)13(9-19)15(22)10-27-17(23)12-2-3-14(18)16(8-12)28(24,25)21-4-6-26-7-5-21/h2-3,8H,4-7,10,20H2,1H3/b13-11-. The molecule has 11 heteroatoms. The molecule has 1 heterocycles. The van der Waals surface area contributed by atoms with Gasteiger partial charge in [-0.15, -0.1) is 0 Å². The molecule has 1 aliphatic heterocycles. The van der Waals surface area contributed by atoms with Gasteiger partial charge in [-0.25, -0.2) is 17.6 Å². The zero-order valence-corrected chi connectivity index (χ0v) is 15.8. The van der Waals surface area contributed by atoms with E-state index >= 15 is 0 Å². The predicted octanol–water partition coefficient (Wildman–Crippen LogP) is 0.329. The number of benzene rings is 1. The number of carbonyl (C=O) groups excluding carboxylic acids is 2. The smallest absolute Gasteiger partial charge is 0.338 e. The molecule has 0 aromatic heterocycles. The lowest BCUT2D eigenvalue weighted by Gasteiger charge is -2.26. The Morgan fingerprint density at radius 1 is 1.36 bits per heavy atom. The number of nitrogens with two attached hydrogens (primary N) is 1. The maximum absolute atomic E-state index is 14.1. The van der Waals surface area contributed by atoms with E-state index in [9.17, 15) is 22.4 Å². The minimum Gasteiger partial charge on any atom is -0.454 e. The van der Waals surface area contributed by atoms with Gasteiger partial charge in [0.25, 0.3) is 0 Å². The van der Waals surface area contributed by atoms with Gasteiger partial charge in [0.05, 0.1) is 18.8 Å². The third-order valence-corrected chi connectivity index (χ3v) is 5.79. The number of halogens is 1. The highest BCUT2D eigenvalue weighted by Gasteiger charge is 2.30. The number of morpholine rings is 1. The van der Waals surface area contributed by atoms with Gasteiger partial charge in [0.2, 0.25) is 15.8 Å². The topological polar surface area (TPSA) is 140 Å². The van der Waals surface area contributed by atoms with Gasteiger partial charge in [-0.3, -0.25) is 4.79 Å². The van der Waals surface area contributed by atoms with Crippen LogP contribution in [-0.2, 0) is 24.3 Å². The molecule has 0 spiro atoms. The van der Waals surface area contributed by atoms with Crippen LogP contribution in [0.3, 0.4) is 0 Å². The third-order valence-electron chi connectivity index (χ3n) is 3.87. The van der Waals surface area contributed by atoms with Gasteiger partial charge >= 0.3 is 5.97 Å². The summed E-state index contributed by atoms with van der Waals surface area (Å²) in [5.74, 6) is -2.87. The normalized spacial score (nSPS) is 16.0. The number of esters is 1. The molecule has 0 saturated carbocycles. The summed E-state index contributed by atoms with van der Waals surface area (Å²) >= 11 is 0. The molecule has 2 rings (SSSR count). The number of nitriles is 1. The van der Waals surface area contributed by atoms with Crippen LogP contribution in [0.25, 0.3) is 0 Å². The molecule has 1 aromatic carbocycles. The molecule has 0 atom stereocenters. The number of rotatable bonds is 6. The maximum Gasteiger partial charge on any atom is 0.338 e. The average molecular weight is 411 g/mol. The largest absolute Gasteiger partial charge is 0.454 e. The van der Waals surface area contributed by atoms with Crippen LogP contribution in [0.1, 0.15) is 17.3 Å². The van der Waals surface area contributed by atoms with E-state index in [2.05, 4.69) is 0 Å². The molecular formula is C17H18FN3O6S. The van der Waals surface area contributed by atoms with E-state index in [1.54, 1.807) is 6.07 Å². The lowest BCUT2D eigenvalue weighted by molar-refractivity contribution is -0.118. The van der Waals surface area contributed by atoms with E-state index in [1.165, 1.54) is 6.92 Å². The SMILES string of the molecule is C/C(N)=C(\C#N)C(=O)COC(=O)c1ccc(F)c(S(=O)(=O)N2CCOCC2)c1. The van der Waals surface area contributed by atoms with Crippen molar-refractivity contribution in [2.45, 2.75) is 11.8 Å². The Labute approximate surface area is 161 Å². The fourth-order valence-electron chi connectivity index (χ4n) is 2.41. The van der Waals surface area contributed by atoms with Crippen molar-refractivity contribution in [3.05, 3.63) is 40.8 Å². The lowest BCUT2D eigenvalue weighted by Crippen LogP contribution is -2.41. The minimum absolute atomic E-state index is 0.0239.